The lowest BCUT2D eigenvalue weighted by molar-refractivity contribution is -0.105. The first-order chi connectivity index (χ1) is 10.4. The molecule has 1 N–H and O–H groups in total. The standard InChI is InChI=1S/C15H19F3N2OS/c1-10-5-2-3-7-12(10)20-13(21)11-6-4-8-19-14(11)22-9-15(16,17)18/h4,6,8,10,12H,2-3,5,7,9H2,1H3,(H,20,21). The van der Waals surface area contributed by atoms with Crippen molar-refractivity contribution < 1.29 is 18.0 Å². The highest BCUT2D eigenvalue weighted by molar-refractivity contribution is 7.99. The number of hydrogen-bond acceptors (Lipinski definition) is 3. The zero-order chi connectivity index (χ0) is 16.2. The number of carbonyl (C=O) groups excluding carboxylic acids is 1. The number of alkyl halides is 3. The number of nitrogens with one attached hydrogen (secondary N) is 1. The molecule has 1 aromatic rings. The number of pyridine rings is 1. The molecule has 1 aromatic heterocycles. The van der Waals surface area contributed by atoms with Crippen molar-refractivity contribution in [2.75, 3.05) is 5.75 Å². The van der Waals surface area contributed by atoms with E-state index >= 15 is 0 Å². The number of nitrogens with zero attached hydrogens (tertiary/aromatic N) is 1. The molecule has 1 aliphatic rings. The highest BCUT2D eigenvalue weighted by Gasteiger charge is 2.29. The topological polar surface area (TPSA) is 42.0 Å². The number of thioether (sulfide) groups is 1. The van der Waals surface area contributed by atoms with E-state index < -0.39 is 11.9 Å². The first kappa shape index (κ1) is 17.1. The number of hydrogen-bond donors (Lipinski definition) is 1. The summed E-state index contributed by atoms with van der Waals surface area (Å²) >= 11 is 0.548. The summed E-state index contributed by atoms with van der Waals surface area (Å²) in [5, 5.41) is 3.07. The highest BCUT2D eigenvalue weighted by atomic mass is 32.2. The van der Waals surface area contributed by atoms with Gasteiger partial charge < -0.3 is 5.32 Å². The summed E-state index contributed by atoms with van der Waals surface area (Å²) in [7, 11) is 0. The van der Waals surface area contributed by atoms with Gasteiger partial charge in [-0.15, -0.1) is 0 Å². The second-order valence-electron chi connectivity index (χ2n) is 5.60. The van der Waals surface area contributed by atoms with Crippen LogP contribution in [-0.4, -0.2) is 28.9 Å². The summed E-state index contributed by atoms with van der Waals surface area (Å²) in [6, 6.07) is 3.17. The zero-order valence-corrected chi connectivity index (χ0v) is 13.1. The molecule has 1 amide bonds. The van der Waals surface area contributed by atoms with Gasteiger partial charge in [0.25, 0.3) is 5.91 Å². The van der Waals surface area contributed by atoms with Crippen LogP contribution in [-0.2, 0) is 0 Å². The third kappa shape index (κ3) is 4.90. The zero-order valence-electron chi connectivity index (χ0n) is 12.3. The molecule has 1 aliphatic carbocycles. The summed E-state index contributed by atoms with van der Waals surface area (Å²) in [6.45, 7) is 2.09. The van der Waals surface area contributed by atoms with Crippen molar-refractivity contribution in [1.29, 1.82) is 0 Å². The normalized spacial score (nSPS) is 22.4. The summed E-state index contributed by atoms with van der Waals surface area (Å²) < 4.78 is 37.0. The summed E-state index contributed by atoms with van der Waals surface area (Å²) in [5.74, 6) is -0.999. The SMILES string of the molecule is CC1CCCCC1NC(=O)c1cccnc1SCC(F)(F)F. The van der Waals surface area contributed by atoms with Gasteiger partial charge >= 0.3 is 6.18 Å². The fourth-order valence-corrected chi connectivity index (χ4v) is 3.36. The molecule has 0 radical (unpaired) electrons. The van der Waals surface area contributed by atoms with Crippen LogP contribution in [0.3, 0.4) is 0 Å². The van der Waals surface area contributed by atoms with Crippen LogP contribution >= 0.6 is 11.8 Å². The molecule has 0 bridgehead atoms. The van der Waals surface area contributed by atoms with Crippen molar-refractivity contribution in [2.24, 2.45) is 5.92 Å². The van der Waals surface area contributed by atoms with E-state index in [0.717, 1.165) is 25.7 Å². The maximum atomic E-state index is 12.4. The lowest BCUT2D eigenvalue weighted by atomic mass is 9.86. The molecule has 0 aliphatic heterocycles. The fraction of sp³-hybridized carbons (Fsp3) is 0.600. The predicted octanol–water partition coefficient (Wildman–Crippen LogP) is 4.04. The maximum absolute atomic E-state index is 12.4. The van der Waals surface area contributed by atoms with Gasteiger partial charge in [0.2, 0.25) is 0 Å². The Morgan fingerprint density at radius 2 is 2.14 bits per heavy atom. The molecule has 0 aromatic carbocycles. The van der Waals surface area contributed by atoms with Crippen LogP contribution < -0.4 is 5.32 Å². The number of halogens is 3. The van der Waals surface area contributed by atoms with Crippen LogP contribution in [0.2, 0.25) is 0 Å². The van der Waals surface area contributed by atoms with E-state index in [1.807, 2.05) is 0 Å². The predicted molar refractivity (Wildman–Crippen MR) is 79.9 cm³/mol. The first-order valence-electron chi connectivity index (χ1n) is 7.32. The van der Waals surface area contributed by atoms with Gasteiger partial charge in [0, 0.05) is 12.2 Å². The number of carbonyl (C=O) groups is 1. The lowest BCUT2D eigenvalue weighted by Crippen LogP contribution is -2.41. The monoisotopic (exact) mass is 332 g/mol. The van der Waals surface area contributed by atoms with Gasteiger partial charge in [-0.05, 0) is 30.9 Å². The van der Waals surface area contributed by atoms with Crippen molar-refractivity contribution in [3.8, 4) is 0 Å². The van der Waals surface area contributed by atoms with Crippen molar-refractivity contribution in [3.63, 3.8) is 0 Å². The van der Waals surface area contributed by atoms with Gasteiger partial charge in [-0.25, -0.2) is 4.98 Å². The Kier molecular flexibility index (Phi) is 5.72. The molecule has 2 atom stereocenters. The minimum atomic E-state index is -4.28. The van der Waals surface area contributed by atoms with Crippen LogP contribution in [0.4, 0.5) is 13.2 Å². The Labute approximate surface area is 132 Å². The fourth-order valence-electron chi connectivity index (χ4n) is 2.61. The van der Waals surface area contributed by atoms with E-state index in [9.17, 15) is 18.0 Å². The van der Waals surface area contributed by atoms with Crippen molar-refractivity contribution in [1.82, 2.24) is 10.3 Å². The molecule has 0 spiro atoms. The molecule has 3 nitrogen and oxygen atoms in total. The molecular weight excluding hydrogens is 313 g/mol. The average Bonchev–Trinajstić information content (AvgIpc) is 2.47. The van der Waals surface area contributed by atoms with Crippen LogP contribution in [0.25, 0.3) is 0 Å². The maximum Gasteiger partial charge on any atom is 0.398 e. The number of rotatable bonds is 4. The quantitative estimate of drug-likeness (QED) is 0.846. The molecular formula is C15H19F3N2OS. The average molecular weight is 332 g/mol. The van der Waals surface area contributed by atoms with Crippen LogP contribution in [0.15, 0.2) is 23.4 Å². The molecule has 22 heavy (non-hydrogen) atoms. The molecule has 1 heterocycles. The third-order valence-corrected chi connectivity index (χ3v) is 4.89. The van der Waals surface area contributed by atoms with Gasteiger partial charge in [-0.3, -0.25) is 4.79 Å². The summed E-state index contributed by atoms with van der Waals surface area (Å²) in [6.07, 6.45) is 1.32. The van der Waals surface area contributed by atoms with E-state index in [-0.39, 0.29) is 22.5 Å². The van der Waals surface area contributed by atoms with Crippen LogP contribution in [0.5, 0.6) is 0 Å². The molecule has 2 rings (SSSR count). The van der Waals surface area contributed by atoms with Crippen molar-refractivity contribution in [2.45, 2.75) is 49.9 Å². The molecule has 7 heteroatoms. The minimum absolute atomic E-state index is 0.0851. The Bertz CT molecular complexity index is 522. The van der Waals surface area contributed by atoms with Crippen LogP contribution in [0, 0.1) is 5.92 Å². The van der Waals surface area contributed by atoms with E-state index in [1.54, 1.807) is 6.07 Å². The van der Waals surface area contributed by atoms with E-state index in [0.29, 0.717) is 17.7 Å². The largest absolute Gasteiger partial charge is 0.398 e. The van der Waals surface area contributed by atoms with Gasteiger partial charge in [-0.1, -0.05) is 31.5 Å². The second-order valence-corrected chi connectivity index (χ2v) is 6.57. The van der Waals surface area contributed by atoms with E-state index in [2.05, 4.69) is 17.2 Å². The summed E-state index contributed by atoms with van der Waals surface area (Å²) in [5.41, 5.74) is 0.217. The van der Waals surface area contributed by atoms with E-state index in [1.165, 1.54) is 12.3 Å². The highest BCUT2D eigenvalue weighted by Crippen LogP contribution is 2.29. The number of amides is 1. The molecule has 0 saturated heterocycles. The minimum Gasteiger partial charge on any atom is -0.349 e. The van der Waals surface area contributed by atoms with Gasteiger partial charge in [0.05, 0.1) is 11.3 Å². The smallest absolute Gasteiger partial charge is 0.349 e. The molecule has 122 valence electrons. The Morgan fingerprint density at radius 1 is 1.41 bits per heavy atom. The number of aromatic nitrogens is 1. The Morgan fingerprint density at radius 3 is 2.82 bits per heavy atom. The Balaban J connectivity index is 2.05. The Hall–Kier alpha value is -1.24. The van der Waals surface area contributed by atoms with Gasteiger partial charge in [0.1, 0.15) is 5.03 Å². The van der Waals surface area contributed by atoms with Crippen LogP contribution in [0.1, 0.15) is 43.0 Å². The van der Waals surface area contributed by atoms with Gasteiger partial charge in [0.15, 0.2) is 0 Å². The third-order valence-electron chi connectivity index (χ3n) is 3.82. The molecule has 2 unspecified atom stereocenters. The molecule has 1 fully saturated rings. The summed E-state index contributed by atoms with van der Waals surface area (Å²) in [4.78, 5) is 16.3. The first-order valence-corrected chi connectivity index (χ1v) is 8.31. The second kappa shape index (κ2) is 7.35. The van der Waals surface area contributed by atoms with Crippen molar-refractivity contribution >= 4 is 17.7 Å². The van der Waals surface area contributed by atoms with Gasteiger partial charge in [-0.2, -0.15) is 13.2 Å². The lowest BCUT2D eigenvalue weighted by Gasteiger charge is -2.29. The molecule has 1 saturated carbocycles. The van der Waals surface area contributed by atoms with Crippen molar-refractivity contribution in [3.05, 3.63) is 23.9 Å². The van der Waals surface area contributed by atoms with E-state index in [4.69, 9.17) is 0 Å².